The molecule has 6 heteroatoms. The number of benzene rings is 1. The van der Waals surface area contributed by atoms with Crippen LogP contribution in [0.1, 0.15) is 30.0 Å². The van der Waals surface area contributed by atoms with Crippen molar-refractivity contribution in [3.8, 4) is 0 Å². The molecule has 0 N–H and O–H groups in total. The number of aromatic nitrogens is 2. The van der Waals surface area contributed by atoms with Crippen molar-refractivity contribution in [1.82, 2.24) is 19.8 Å². The van der Waals surface area contributed by atoms with Crippen LogP contribution >= 0.6 is 0 Å². The molecule has 1 unspecified atom stereocenters. The standard InChI is InChI=1S/C21H27N5O/c1-24(19-9-4-7-17-6-2-3-8-18(17)19)20(27)16-25-12-14-26(15-13-25)21-22-10-5-11-23-21/h2-3,5-6,8,10-11,19H,4,7,9,12-16H2,1H3. The van der Waals surface area contributed by atoms with E-state index in [-0.39, 0.29) is 11.9 Å². The zero-order chi connectivity index (χ0) is 18.6. The lowest BCUT2D eigenvalue weighted by Gasteiger charge is -2.37. The fraction of sp³-hybridized carbons (Fsp3) is 0.476. The Hall–Kier alpha value is -2.47. The van der Waals surface area contributed by atoms with Crippen LogP contribution in [0.5, 0.6) is 0 Å². The smallest absolute Gasteiger partial charge is 0.237 e. The number of rotatable bonds is 4. The Balaban J connectivity index is 1.34. The fourth-order valence-electron chi connectivity index (χ4n) is 4.17. The van der Waals surface area contributed by atoms with Gasteiger partial charge in [0, 0.05) is 45.6 Å². The Bertz CT molecular complexity index is 773. The normalized spacial score (nSPS) is 20.2. The Kier molecular flexibility index (Phi) is 5.34. The first-order chi connectivity index (χ1) is 13.2. The van der Waals surface area contributed by atoms with Crippen LogP contribution in [0.4, 0.5) is 5.95 Å². The van der Waals surface area contributed by atoms with Crippen LogP contribution in [0.25, 0.3) is 0 Å². The van der Waals surface area contributed by atoms with E-state index in [2.05, 4.69) is 44.0 Å². The third-order valence-electron chi connectivity index (χ3n) is 5.76. The SMILES string of the molecule is CN(C(=O)CN1CCN(c2ncccn2)CC1)C1CCCc2ccccc21. The van der Waals surface area contributed by atoms with Crippen molar-refractivity contribution < 1.29 is 4.79 Å². The summed E-state index contributed by atoms with van der Waals surface area (Å²) in [5.41, 5.74) is 2.72. The van der Waals surface area contributed by atoms with Gasteiger partial charge in [0.1, 0.15) is 0 Å². The molecule has 1 aromatic carbocycles. The van der Waals surface area contributed by atoms with Crippen LogP contribution in [0.2, 0.25) is 0 Å². The molecule has 2 aliphatic rings. The third kappa shape index (κ3) is 3.95. The van der Waals surface area contributed by atoms with Gasteiger partial charge in [0.05, 0.1) is 12.6 Å². The van der Waals surface area contributed by atoms with Gasteiger partial charge in [-0.3, -0.25) is 9.69 Å². The van der Waals surface area contributed by atoms with Crippen molar-refractivity contribution in [3.05, 3.63) is 53.9 Å². The van der Waals surface area contributed by atoms with E-state index in [4.69, 9.17) is 0 Å². The summed E-state index contributed by atoms with van der Waals surface area (Å²) in [4.78, 5) is 27.9. The van der Waals surface area contributed by atoms with Gasteiger partial charge < -0.3 is 9.80 Å². The van der Waals surface area contributed by atoms with Crippen LogP contribution in [0, 0.1) is 0 Å². The average molecular weight is 365 g/mol. The lowest BCUT2D eigenvalue weighted by molar-refractivity contribution is -0.133. The number of piperazine rings is 1. The Morgan fingerprint density at radius 2 is 1.85 bits per heavy atom. The van der Waals surface area contributed by atoms with Crippen molar-refractivity contribution in [3.63, 3.8) is 0 Å². The molecular weight excluding hydrogens is 338 g/mol. The molecule has 2 heterocycles. The molecule has 6 nitrogen and oxygen atoms in total. The Labute approximate surface area is 160 Å². The maximum Gasteiger partial charge on any atom is 0.237 e. The average Bonchev–Trinajstić information content (AvgIpc) is 2.74. The summed E-state index contributed by atoms with van der Waals surface area (Å²) < 4.78 is 0. The van der Waals surface area contributed by atoms with Crippen molar-refractivity contribution in [1.29, 1.82) is 0 Å². The molecule has 142 valence electrons. The lowest BCUT2D eigenvalue weighted by atomic mass is 9.87. The highest BCUT2D eigenvalue weighted by Crippen LogP contribution is 2.33. The van der Waals surface area contributed by atoms with E-state index in [1.54, 1.807) is 12.4 Å². The summed E-state index contributed by atoms with van der Waals surface area (Å²) in [6, 6.07) is 10.6. The number of fused-ring (bicyclic) bond motifs is 1. The monoisotopic (exact) mass is 365 g/mol. The summed E-state index contributed by atoms with van der Waals surface area (Å²) in [7, 11) is 1.96. The first-order valence-electron chi connectivity index (χ1n) is 9.80. The molecule has 1 aromatic heterocycles. The molecule has 1 atom stereocenters. The highest BCUT2D eigenvalue weighted by molar-refractivity contribution is 5.78. The predicted octanol–water partition coefficient (Wildman–Crippen LogP) is 2.13. The van der Waals surface area contributed by atoms with Crippen LogP contribution < -0.4 is 4.90 Å². The van der Waals surface area contributed by atoms with E-state index in [1.807, 2.05) is 18.0 Å². The van der Waals surface area contributed by atoms with E-state index in [0.29, 0.717) is 6.54 Å². The van der Waals surface area contributed by atoms with Gasteiger partial charge in [0.2, 0.25) is 11.9 Å². The number of nitrogens with zero attached hydrogens (tertiary/aromatic N) is 5. The molecule has 1 aliphatic heterocycles. The van der Waals surface area contributed by atoms with Crippen LogP contribution in [0.3, 0.4) is 0 Å². The number of anilines is 1. The molecular formula is C21H27N5O. The molecule has 2 aromatic rings. The van der Waals surface area contributed by atoms with Gasteiger partial charge in [-0.25, -0.2) is 9.97 Å². The molecule has 4 rings (SSSR count). The molecule has 27 heavy (non-hydrogen) atoms. The largest absolute Gasteiger partial charge is 0.338 e. The minimum absolute atomic E-state index is 0.209. The van der Waals surface area contributed by atoms with E-state index in [9.17, 15) is 4.79 Å². The summed E-state index contributed by atoms with van der Waals surface area (Å²) in [6.07, 6.45) is 6.87. The van der Waals surface area contributed by atoms with Crippen molar-refractivity contribution in [2.45, 2.75) is 25.3 Å². The molecule has 1 aliphatic carbocycles. The Morgan fingerprint density at radius 3 is 2.63 bits per heavy atom. The van der Waals surface area contributed by atoms with Crippen molar-refractivity contribution in [2.75, 3.05) is 44.7 Å². The first kappa shape index (κ1) is 17.9. The number of hydrogen-bond acceptors (Lipinski definition) is 5. The Morgan fingerprint density at radius 1 is 1.11 bits per heavy atom. The summed E-state index contributed by atoms with van der Waals surface area (Å²) in [6.45, 7) is 3.91. The van der Waals surface area contributed by atoms with Crippen LogP contribution in [0.15, 0.2) is 42.7 Å². The first-order valence-corrected chi connectivity index (χ1v) is 9.80. The second-order valence-corrected chi connectivity index (χ2v) is 7.42. The quantitative estimate of drug-likeness (QED) is 0.831. The van der Waals surface area contributed by atoms with E-state index in [1.165, 1.54) is 11.1 Å². The maximum absolute atomic E-state index is 12.9. The van der Waals surface area contributed by atoms with Crippen LogP contribution in [-0.4, -0.2) is 65.4 Å². The minimum Gasteiger partial charge on any atom is -0.338 e. The minimum atomic E-state index is 0.209. The topological polar surface area (TPSA) is 52.6 Å². The number of aryl methyl sites for hydroxylation is 1. The van der Waals surface area contributed by atoms with Gasteiger partial charge in [-0.1, -0.05) is 24.3 Å². The third-order valence-corrected chi connectivity index (χ3v) is 5.76. The number of likely N-dealkylation sites (N-methyl/N-ethyl adjacent to an activating group) is 1. The lowest BCUT2D eigenvalue weighted by Crippen LogP contribution is -2.50. The maximum atomic E-state index is 12.9. The molecule has 0 saturated carbocycles. The van der Waals surface area contributed by atoms with E-state index >= 15 is 0 Å². The van der Waals surface area contributed by atoms with E-state index < -0.39 is 0 Å². The van der Waals surface area contributed by atoms with Gasteiger partial charge in [-0.05, 0) is 36.5 Å². The molecule has 0 spiro atoms. The predicted molar refractivity (Wildman–Crippen MR) is 106 cm³/mol. The fourth-order valence-corrected chi connectivity index (χ4v) is 4.17. The van der Waals surface area contributed by atoms with Gasteiger partial charge in [-0.15, -0.1) is 0 Å². The van der Waals surface area contributed by atoms with Gasteiger partial charge in [0.15, 0.2) is 0 Å². The van der Waals surface area contributed by atoms with Crippen molar-refractivity contribution in [2.24, 2.45) is 0 Å². The van der Waals surface area contributed by atoms with Gasteiger partial charge in [0.25, 0.3) is 0 Å². The number of hydrogen-bond donors (Lipinski definition) is 0. The van der Waals surface area contributed by atoms with Crippen molar-refractivity contribution >= 4 is 11.9 Å². The highest BCUT2D eigenvalue weighted by atomic mass is 16.2. The van der Waals surface area contributed by atoms with E-state index in [0.717, 1.165) is 51.4 Å². The van der Waals surface area contributed by atoms with Gasteiger partial charge in [-0.2, -0.15) is 0 Å². The molecule has 1 amide bonds. The zero-order valence-corrected chi connectivity index (χ0v) is 15.9. The summed E-state index contributed by atoms with van der Waals surface area (Å²) in [5.74, 6) is 0.987. The van der Waals surface area contributed by atoms with Gasteiger partial charge >= 0.3 is 0 Å². The zero-order valence-electron chi connectivity index (χ0n) is 15.9. The molecule has 1 saturated heterocycles. The number of carbonyl (C=O) groups is 1. The number of carbonyl (C=O) groups excluding carboxylic acids is 1. The molecule has 0 bridgehead atoms. The number of amides is 1. The summed E-state index contributed by atoms with van der Waals surface area (Å²) >= 11 is 0. The second-order valence-electron chi connectivity index (χ2n) is 7.42. The highest BCUT2D eigenvalue weighted by Gasteiger charge is 2.28. The summed E-state index contributed by atoms with van der Waals surface area (Å²) in [5, 5.41) is 0. The molecule has 1 fully saturated rings. The van der Waals surface area contributed by atoms with Crippen LogP contribution in [-0.2, 0) is 11.2 Å². The molecule has 0 radical (unpaired) electrons. The second kappa shape index (κ2) is 8.05.